The molecule has 0 saturated heterocycles. The third kappa shape index (κ3) is 2.86. The van der Waals surface area contributed by atoms with E-state index in [2.05, 4.69) is 21.0 Å². The Kier molecular flexibility index (Phi) is 4.16. The van der Waals surface area contributed by atoms with Gasteiger partial charge in [-0.25, -0.2) is 5.01 Å². The van der Waals surface area contributed by atoms with Crippen molar-refractivity contribution < 1.29 is 9.21 Å². The average Bonchev–Trinajstić information content (AvgIpc) is 3.13. The van der Waals surface area contributed by atoms with Crippen molar-refractivity contribution in [1.29, 1.82) is 0 Å². The summed E-state index contributed by atoms with van der Waals surface area (Å²) in [4.78, 5) is 12.2. The number of nitrogens with zero attached hydrogens (tertiary/aromatic N) is 2. The monoisotopic (exact) mass is 360 g/mol. The van der Waals surface area contributed by atoms with Crippen molar-refractivity contribution in [1.82, 2.24) is 5.01 Å². The number of carbonyl (C=O) groups excluding carboxylic acids is 1. The quantitative estimate of drug-likeness (QED) is 0.812. The zero-order valence-corrected chi connectivity index (χ0v) is 14.1. The van der Waals surface area contributed by atoms with Crippen LogP contribution < -0.4 is 0 Å². The maximum Gasteiger partial charge on any atom is 0.242 e. The lowest BCUT2D eigenvalue weighted by atomic mass is 10.0. The number of hydrogen-bond donors (Lipinski definition) is 0. The number of benzene rings is 1. The van der Waals surface area contributed by atoms with Gasteiger partial charge in [0.1, 0.15) is 17.2 Å². The largest absolute Gasteiger partial charge is 0.460 e. The van der Waals surface area contributed by atoms with Gasteiger partial charge in [-0.1, -0.05) is 35.0 Å². The first kappa shape index (κ1) is 15.0. The number of hydrogen-bond acceptors (Lipinski definition) is 3. The molecule has 1 amide bonds. The predicted octanol–water partition coefficient (Wildman–Crippen LogP) is 4.44. The Morgan fingerprint density at radius 2 is 2.05 bits per heavy atom. The Bertz CT molecular complexity index is 719. The summed E-state index contributed by atoms with van der Waals surface area (Å²) >= 11 is 3.44. The minimum absolute atomic E-state index is 0.0196. The van der Waals surface area contributed by atoms with Gasteiger partial charge in [0.25, 0.3) is 0 Å². The van der Waals surface area contributed by atoms with Gasteiger partial charge in [-0.2, -0.15) is 5.10 Å². The first-order valence-corrected chi connectivity index (χ1v) is 8.09. The number of rotatable bonds is 3. The zero-order valence-electron chi connectivity index (χ0n) is 12.5. The van der Waals surface area contributed by atoms with E-state index in [1.807, 2.05) is 50.2 Å². The molecule has 0 N–H and O–H groups in total. The maximum absolute atomic E-state index is 12.2. The molecule has 1 aromatic carbocycles. The molecule has 1 aliphatic rings. The molecular formula is C17H17BrN2O2. The molecule has 22 heavy (non-hydrogen) atoms. The maximum atomic E-state index is 12.2. The molecule has 114 valence electrons. The van der Waals surface area contributed by atoms with Gasteiger partial charge in [-0.15, -0.1) is 0 Å². The lowest BCUT2D eigenvalue weighted by molar-refractivity contribution is -0.132. The number of hydrazone groups is 1. The highest BCUT2D eigenvalue weighted by Gasteiger charge is 2.33. The Balaban J connectivity index is 1.93. The molecule has 0 aliphatic carbocycles. The molecule has 3 rings (SSSR count). The SMILES string of the molecule is CCC(=O)N1N=C(c2ccc(C)o2)C[C@H]1c1ccc(Br)cc1. The fourth-order valence-corrected chi connectivity index (χ4v) is 2.85. The van der Waals surface area contributed by atoms with Crippen molar-refractivity contribution >= 4 is 27.5 Å². The molecule has 1 atom stereocenters. The molecule has 5 heteroatoms. The Morgan fingerprint density at radius 1 is 1.32 bits per heavy atom. The summed E-state index contributed by atoms with van der Waals surface area (Å²) in [7, 11) is 0. The van der Waals surface area contributed by atoms with Crippen molar-refractivity contribution in [3.63, 3.8) is 0 Å². The van der Waals surface area contributed by atoms with Crippen molar-refractivity contribution in [3.8, 4) is 0 Å². The van der Waals surface area contributed by atoms with Gasteiger partial charge in [0, 0.05) is 17.3 Å². The summed E-state index contributed by atoms with van der Waals surface area (Å²) in [6, 6.07) is 11.8. The summed E-state index contributed by atoms with van der Waals surface area (Å²) in [5.74, 6) is 1.61. The molecule has 0 radical (unpaired) electrons. The van der Waals surface area contributed by atoms with Crippen molar-refractivity contribution in [3.05, 3.63) is 58.0 Å². The number of carbonyl (C=O) groups is 1. The molecule has 0 bridgehead atoms. The first-order chi connectivity index (χ1) is 10.6. The van der Waals surface area contributed by atoms with Crippen LogP contribution in [0.4, 0.5) is 0 Å². The van der Waals surface area contributed by atoms with E-state index < -0.39 is 0 Å². The minimum Gasteiger partial charge on any atom is -0.460 e. The van der Waals surface area contributed by atoms with Crippen molar-refractivity contribution in [2.45, 2.75) is 32.7 Å². The molecule has 0 saturated carbocycles. The second kappa shape index (κ2) is 6.08. The highest BCUT2D eigenvalue weighted by molar-refractivity contribution is 9.10. The summed E-state index contributed by atoms with van der Waals surface area (Å²) in [5.41, 5.74) is 1.90. The molecule has 0 spiro atoms. The van der Waals surface area contributed by atoms with E-state index >= 15 is 0 Å². The third-order valence-electron chi connectivity index (χ3n) is 3.75. The number of furan rings is 1. The first-order valence-electron chi connectivity index (χ1n) is 7.30. The van der Waals surface area contributed by atoms with Gasteiger partial charge in [0.2, 0.25) is 5.91 Å². The smallest absolute Gasteiger partial charge is 0.242 e. The molecule has 2 aromatic rings. The summed E-state index contributed by atoms with van der Waals surface area (Å²) < 4.78 is 6.68. The molecule has 1 aromatic heterocycles. The van der Waals surface area contributed by atoms with Gasteiger partial charge in [0.15, 0.2) is 0 Å². The second-order valence-electron chi connectivity index (χ2n) is 5.32. The zero-order chi connectivity index (χ0) is 15.7. The summed E-state index contributed by atoms with van der Waals surface area (Å²) in [6.45, 7) is 3.76. The van der Waals surface area contributed by atoms with Crippen LogP contribution in [0.15, 0.2) is 50.4 Å². The standard InChI is InChI=1S/C17H17BrN2O2/c1-3-17(21)20-15(12-5-7-13(18)8-6-12)10-14(19-20)16-9-4-11(2)22-16/h4-9,15H,3,10H2,1-2H3/t15-/m0/s1. The van der Waals surface area contributed by atoms with Crippen molar-refractivity contribution in [2.75, 3.05) is 0 Å². The lowest BCUT2D eigenvalue weighted by Gasteiger charge is -2.21. The highest BCUT2D eigenvalue weighted by atomic mass is 79.9. The number of amides is 1. The van der Waals surface area contributed by atoms with Crippen LogP contribution in [0.2, 0.25) is 0 Å². The van der Waals surface area contributed by atoms with E-state index in [4.69, 9.17) is 4.42 Å². The fourth-order valence-electron chi connectivity index (χ4n) is 2.59. The predicted molar refractivity (Wildman–Crippen MR) is 88.6 cm³/mol. The Hall–Kier alpha value is -1.88. The van der Waals surface area contributed by atoms with Gasteiger partial charge in [0.05, 0.1) is 6.04 Å². The lowest BCUT2D eigenvalue weighted by Crippen LogP contribution is -2.26. The van der Waals surface area contributed by atoms with Gasteiger partial charge in [-0.3, -0.25) is 4.79 Å². The van der Waals surface area contributed by atoms with Crippen molar-refractivity contribution in [2.24, 2.45) is 5.10 Å². The second-order valence-corrected chi connectivity index (χ2v) is 6.24. The van der Waals surface area contributed by atoms with E-state index in [-0.39, 0.29) is 11.9 Å². The molecule has 1 aliphatic heterocycles. The third-order valence-corrected chi connectivity index (χ3v) is 4.28. The number of aryl methyl sites for hydroxylation is 1. The van der Waals surface area contributed by atoms with E-state index in [1.54, 1.807) is 5.01 Å². The van der Waals surface area contributed by atoms with Crippen LogP contribution in [0.3, 0.4) is 0 Å². The molecule has 0 fully saturated rings. The van der Waals surface area contributed by atoms with E-state index in [0.29, 0.717) is 12.8 Å². The molecule has 4 nitrogen and oxygen atoms in total. The van der Waals surface area contributed by atoms with Crippen LogP contribution in [0.5, 0.6) is 0 Å². The van der Waals surface area contributed by atoms with E-state index in [0.717, 1.165) is 27.3 Å². The molecule has 0 unspecified atom stereocenters. The number of halogens is 1. The normalized spacial score (nSPS) is 17.7. The van der Waals surface area contributed by atoms with Gasteiger partial charge in [-0.05, 0) is 36.8 Å². The average molecular weight is 361 g/mol. The van der Waals surface area contributed by atoms with Crippen LogP contribution in [-0.4, -0.2) is 16.6 Å². The topological polar surface area (TPSA) is 45.8 Å². The Morgan fingerprint density at radius 3 is 2.64 bits per heavy atom. The van der Waals surface area contributed by atoms with Crippen LogP contribution in [0.25, 0.3) is 0 Å². The Labute approximate surface area is 137 Å². The van der Waals surface area contributed by atoms with Crippen LogP contribution in [0, 0.1) is 6.92 Å². The minimum atomic E-state index is -0.0686. The fraction of sp³-hybridized carbons (Fsp3) is 0.294. The summed E-state index contributed by atoms with van der Waals surface area (Å²) in [6.07, 6.45) is 1.10. The van der Waals surface area contributed by atoms with Gasteiger partial charge < -0.3 is 4.42 Å². The van der Waals surface area contributed by atoms with Crippen LogP contribution in [-0.2, 0) is 4.79 Å². The van der Waals surface area contributed by atoms with E-state index in [1.165, 1.54) is 0 Å². The van der Waals surface area contributed by atoms with Gasteiger partial charge >= 0.3 is 0 Å². The van der Waals surface area contributed by atoms with Crippen LogP contribution >= 0.6 is 15.9 Å². The highest BCUT2D eigenvalue weighted by Crippen LogP contribution is 2.34. The summed E-state index contributed by atoms with van der Waals surface area (Å²) in [5, 5.41) is 6.11. The van der Waals surface area contributed by atoms with E-state index in [9.17, 15) is 4.79 Å². The molecule has 2 heterocycles. The molecular weight excluding hydrogens is 344 g/mol. The van der Waals surface area contributed by atoms with Crippen LogP contribution in [0.1, 0.15) is 42.9 Å².